The van der Waals surface area contributed by atoms with Crippen molar-refractivity contribution in [3.8, 4) is 5.75 Å². The van der Waals surface area contributed by atoms with Gasteiger partial charge in [-0.05, 0) is 55.4 Å². The van der Waals surface area contributed by atoms with Gasteiger partial charge < -0.3 is 15.4 Å². The van der Waals surface area contributed by atoms with Gasteiger partial charge in [-0.25, -0.2) is 21.2 Å². The molecule has 12 heteroatoms. The molecule has 0 saturated heterocycles. The molecule has 0 radical (unpaired) electrons. The van der Waals surface area contributed by atoms with Gasteiger partial charge in [0.1, 0.15) is 5.75 Å². The molecule has 0 fully saturated rings. The van der Waals surface area contributed by atoms with Crippen LogP contribution in [0.15, 0.2) is 65.7 Å². The molecule has 0 aliphatic heterocycles. The molecule has 0 aliphatic carbocycles. The number of nitrogens with zero attached hydrogens (tertiary/aromatic N) is 1. The Balaban J connectivity index is 0.00000361. The van der Waals surface area contributed by atoms with Crippen molar-refractivity contribution in [3.63, 3.8) is 0 Å². The van der Waals surface area contributed by atoms with Crippen molar-refractivity contribution >= 4 is 44.7 Å². The van der Waals surface area contributed by atoms with E-state index < -0.39 is 28.3 Å². The molecule has 0 saturated carbocycles. The fourth-order valence-electron chi connectivity index (χ4n) is 3.70. The Bertz CT molecular complexity index is 1510. The normalized spacial score (nSPS) is 11.5. The van der Waals surface area contributed by atoms with Gasteiger partial charge in [0.15, 0.2) is 11.6 Å². The van der Waals surface area contributed by atoms with Gasteiger partial charge in [-0.2, -0.15) is 8.78 Å². The number of rotatable bonds is 8. The Morgan fingerprint density at radius 1 is 1.03 bits per heavy atom. The van der Waals surface area contributed by atoms with Gasteiger partial charge in [-0.3, -0.25) is 0 Å². The second kappa shape index (κ2) is 10.8. The highest BCUT2D eigenvalue weighted by molar-refractivity contribution is 7.90. The van der Waals surface area contributed by atoms with Crippen molar-refractivity contribution in [2.75, 3.05) is 12.4 Å². The zero-order valence-electron chi connectivity index (χ0n) is 19.1. The summed E-state index contributed by atoms with van der Waals surface area (Å²) in [7, 11) is -2.53. The Morgan fingerprint density at radius 3 is 2.47 bits per heavy atom. The number of fused-ring (bicyclic) bond motifs is 1. The van der Waals surface area contributed by atoms with Crippen molar-refractivity contribution in [1.82, 2.24) is 9.29 Å². The van der Waals surface area contributed by atoms with Crippen LogP contribution in [0.25, 0.3) is 10.9 Å². The van der Waals surface area contributed by atoms with Crippen LogP contribution in [-0.4, -0.2) is 26.0 Å². The zero-order valence-corrected chi connectivity index (χ0v) is 20.7. The van der Waals surface area contributed by atoms with E-state index in [1.807, 2.05) is 0 Å². The van der Waals surface area contributed by atoms with Crippen LogP contribution in [0.5, 0.6) is 5.75 Å². The first-order chi connectivity index (χ1) is 16.6. The summed E-state index contributed by atoms with van der Waals surface area (Å²) in [6, 6.07) is 12.4. The molecular weight excluding hydrogens is 522 g/mol. The zero-order chi connectivity index (χ0) is 25.3. The molecule has 0 amide bonds. The van der Waals surface area contributed by atoms with E-state index in [2.05, 4.69) is 15.4 Å². The van der Waals surface area contributed by atoms with Crippen molar-refractivity contribution in [2.45, 2.75) is 25.0 Å². The number of ether oxygens (including phenoxy) is 1. The smallest absolute Gasteiger partial charge is 0.387 e. The van der Waals surface area contributed by atoms with E-state index in [1.54, 1.807) is 19.2 Å². The number of aryl methyl sites for hydroxylation is 1. The number of hydrogen-bond donors (Lipinski definition) is 2. The maximum absolute atomic E-state index is 14.4. The molecule has 0 unspecified atom stereocenters. The maximum atomic E-state index is 14.4. The van der Waals surface area contributed by atoms with Crippen molar-refractivity contribution < 1.29 is 30.7 Å². The minimum atomic E-state index is -4.23. The quantitative estimate of drug-likeness (QED) is 0.269. The molecular formula is C24H22ClF4N3O3S. The topological polar surface area (TPSA) is 72.4 Å². The van der Waals surface area contributed by atoms with Crippen LogP contribution >= 0.6 is 12.4 Å². The van der Waals surface area contributed by atoms with E-state index in [0.717, 1.165) is 10.0 Å². The lowest BCUT2D eigenvalue weighted by molar-refractivity contribution is -0.0499. The number of anilines is 2. The first-order valence-electron chi connectivity index (χ1n) is 10.4. The van der Waals surface area contributed by atoms with E-state index in [-0.39, 0.29) is 39.8 Å². The van der Waals surface area contributed by atoms with Gasteiger partial charge >= 0.3 is 6.61 Å². The Kier molecular flexibility index (Phi) is 8.17. The highest BCUT2D eigenvalue weighted by Gasteiger charge is 2.23. The summed E-state index contributed by atoms with van der Waals surface area (Å²) in [5.41, 5.74) is 1.28. The number of nitrogens with one attached hydrogen (secondary N) is 2. The molecule has 0 atom stereocenters. The Hall–Kier alpha value is -3.28. The lowest BCUT2D eigenvalue weighted by Crippen LogP contribution is -2.13. The summed E-state index contributed by atoms with van der Waals surface area (Å²) in [4.78, 5) is -0.256. The van der Waals surface area contributed by atoms with Crippen LogP contribution < -0.4 is 15.4 Å². The molecule has 2 N–H and O–H groups in total. The van der Waals surface area contributed by atoms with Crippen LogP contribution in [0.2, 0.25) is 0 Å². The molecule has 36 heavy (non-hydrogen) atoms. The van der Waals surface area contributed by atoms with E-state index >= 15 is 0 Å². The van der Waals surface area contributed by atoms with Crippen LogP contribution in [0.3, 0.4) is 0 Å². The lowest BCUT2D eigenvalue weighted by atomic mass is 10.1. The van der Waals surface area contributed by atoms with Crippen LogP contribution in [0.1, 0.15) is 11.1 Å². The molecule has 1 heterocycles. The minimum absolute atomic E-state index is 0. The van der Waals surface area contributed by atoms with Crippen molar-refractivity contribution in [1.29, 1.82) is 0 Å². The van der Waals surface area contributed by atoms with Crippen molar-refractivity contribution in [3.05, 3.63) is 83.6 Å². The summed E-state index contributed by atoms with van der Waals surface area (Å²) < 4.78 is 85.9. The average molecular weight is 544 g/mol. The number of hydrogen-bond acceptors (Lipinski definition) is 5. The number of alkyl halides is 2. The fraction of sp³-hybridized carbons (Fsp3) is 0.167. The summed E-state index contributed by atoms with van der Waals surface area (Å²) in [5.74, 6) is -2.34. The molecule has 1 aromatic heterocycles. The minimum Gasteiger partial charge on any atom is -0.435 e. The third-order valence-corrected chi connectivity index (χ3v) is 7.03. The fourth-order valence-corrected chi connectivity index (χ4v) is 5.12. The molecule has 3 aromatic carbocycles. The second-order valence-electron chi connectivity index (χ2n) is 7.75. The Labute approximate surface area is 211 Å². The first kappa shape index (κ1) is 27.3. The van der Waals surface area contributed by atoms with Crippen molar-refractivity contribution in [2.24, 2.45) is 0 Å². The van der Waals surface area contributed by atoms with Gasteiger partial charge in [0.2, 0.25) is 0 Å². The maximum Gasteiger partial charge on any atom is 0.387 e. The van der Waals surface area contributed by atoms with E-state index in [4.69, 9.17) is 0 Å². The van der Waals surface area contributed by atoms with Gasteiger partial charge in [0, 0.05) is 29.9 Å². The molecule has 0 aliphatic rings. The predicted octanol–water partition coefficient (Wildman–Crippen LogP) is 5.95. The lowest BCUT2D eigenvalue weighted by Gasteiger charge is -2.12. The van der Waals surface area contributed by atoms with Gasteiger partial charge in [0.25, 0.3) is 10.0 Å². The highest BCUT2D eigenvalue weighted by Crippen LogP contribution is 2.31. The third kappa shape index (κ3) is 5.28. The summed E-state index contributed by atoms with van der Waals surface area (Å²) >= 11 is 0. The highest BCUT2D eigenvalue weighted by atomic mass is 35.5. The van der Waals surface area contributed by atoms with Crippen LogP contribution in [0.4, 0.5) is 28.9 Å². The summed E-state index contributed by atoms with van der Waals surface area (Å²) in [5, 5.41) is 6.35. The van der Waals surface area contributed by atoms with Gasteiger partial charge in [-0.1, -0.05) is 18.2 Å². The van der Waals surface area contributed by atoms with E-state index in [9.17, 15) is 26.0 Å². The summed E-state index contributed by atoms with van der Waals surface area (Å²) in [6.07, 6.45) is 1.42. The SMILES string of the molecule is CNCc1cn(S(=O)(=O)c2cccc(OC(F)F)c2)c2cc(Nc3ccc(C)c(F)c3F)ccc12.Cl. The Morgan fingerprint density at radius 2 is 1.78 bits per heavy atom. The number of benzene rings is 3. The molecule has 6 nitrogen and oxygen atoms in total. The van der Waals surface area contributed by atoms with Crippen LogP contribution in [0, 0.1) is 18.6 Å². The standard InChI is InChI=1S/C24H21F4N3O3S.ClH/c1-14-6-9-20(23(26)22(14)25)30-16-7-8-19-15(12-29-2)13-31(21(19)10-16)35(32,33)18-5-3-4-17(11-18)34-24(27)28;/h3-11,13,24,29-30H,12H2,1-2H3;1H. The number of aromatic nitrogens is 1. The summed E-state index contributed by atoms with van der Waals surface area (Å²) in [6.45, 7) is -1.32. The predicted molar refractivity (Wildman–Crippen MR) is 132 cm³/mol. The molecule has 0 spiro atoms. The van der Waals surface area contributed by atoms with Crippen LogP contribution in [-0.2, 0) is 16.6 Å². The number of halogens is 5. The third-order valence-electron chi connectivity index (χ3n) is 5.36. The van der Waals surface area contributed by atoms with Gasteiger partial charge in [-0.15, -0.1) is 12.4 Å². The monoisotopic (exact) mass is 543 g/mol. The first-order valence-corrected chi connectivity index (χ1v) is 11.9. The molecule has 0 bridgehead atoms. The largest absolute Gasteiger partial charge is 0.435 e. The van der Waals surface area contributed by atoms with E-state index in [1.165, 1.54) is 49.5 Å². The van der Waals surface area contributed by atoms with E-state index in [0.29, 0.717) is 23.2 Å². The van der Waals surface area contributed by atoms with Gasteiger partial charge in [0.05, 0.1) is 16.1 Å². The average Bonchev–Trinajstić information content (AvgIpc) is 3.18. The molecule has 4 rings (SSSR count). The molecule has 4 aromatic rings. The molecule has 192 valence electrons. The second-order valence-corrected chi connectivity index (χ2v) is 9.57.